The molecule has 4 heteroatoms. The van der Waals surface area contributed by atoms with E-state index in [1.54, 1.807) is 0 Å². The SMILES string of the molecule is Brc1ccc(-c2ccc(-c3cccc(-c4nc(-c5ccccc5)nc(-c5ccccc5)n4)c3)cc2)cc1. The fourth-order valence-electron chi connectivity index (χ4n) is 4.27. The van der Waals surface area contributed by atoms with Crippen molar-refractivity contribution in [3.05, 3.63) is 138 Å². The molecule has 6 rings (SSSR count). The second-order valence-electron chi connectivity index (χ2n) is 8.70. The first-order chi connectivity index (χ1) is 18.2. The summed E-state index contributed by atoms with van der Waals surface area (Å²) in [7, 11) is 0. The van der Waals surface area contributed by atoms with Crippen molar-refractivity contribution >= 4 is 15.9 Å². The topological polar surface area (TPSA) is 38.7 Å². The predicted octanol–water partition coefficient (Wildman–Crippen LogP) is 8.97. The summed E-state index contributed by atoms with van der Waals surface area (Å²) in [5, 5.41) is 0. The highest BCUT2D eigenvalue weighted by molar-refractivity contribution is 9.10. The van der Waals surface area contributed by atoms with Crippen LogP contribution in [0, 0.1) is 0 Å². The maximum absolute atomic E-state index is 4.87. The molecule has 6 aromatic rings. The van der Waals surface area contributed by atoms with Crippen LogP contribution in [0.5, 0.6) is 0 Å². The molecule has 0 aliphatic carbocycles. The van der Waals surface area contributed by atoms with Gasteiger partial charge in [-0.2, -0.15) is 0 Å². The standard InChI is InChI=1S/C33H22BrN3/c34-30-20-18-24(19-21-30)23-14-16-25(17-15-23)28-12-7-13-29(22-28)33-36-31(26-8-3-1-4-9-26)35-32(37-33)27-10-5-2-6-11-27/h1-22H. The Bertz CT molecular complexity index is 1590. The monoisotopic (exact) mass is 539 g/mol. The number of halogens is 1. The van der Waals surface area contributed by atoms with Crippen molar-refractivity contribution in [2.75, 3.05) is 0 Å². The summed E-state index contributed by atoms with van der Waals surface area (Å²) in [4.78, 5) is 14.5. The molecule has 0 fully saturated rings. The van der Waals surface area contributed by atoms with Gasteiger partial charge in [0, 0.05) is 21.2 Å². The number of nitrogens with zero attached hydrogens (tertiary/aromatic N) is 3. The Kier molecular flexibility index (Phi) is 6.40. The molecular formula is C33H22BrN3. The first-order valence-corrected chi connectivity index (χ1v) is 12.9. The minimum absolute atomic E-state index is 0.654. The molecule has 0 saturated carbocycles. The van der Waals surface area contributed by atoms with Crippen molar-refractivity contribution in [2.45, 2.75) is 0 Å². The lowest BCUT2D eigenvalue weighted by atomic mass is 9.99. The minimum Gasteiger partial charge on any atom is -0.208 e. The van der Waals surface area contributed by atoms with Crippen molar-refractivity contribution in [3.8, 4) is 56.4 Å². The lowest BCUT2D eigenvalue weighted by Crippen LogP contribution is -2.00. The average Bonchev–Trinajstić information content (AvgIpc) is 2.98. The maximum Gasteiger partial charge on any atom is 0.164 e. The van der Waals surface area contributed by atoms with Gasteiger partial charge in [0.25, 0.3) is 0 Å². The minimum atomic E-state index is 0.654. The van der Waals surface area contributed by atoms with Crippen molar-refractivity contribution in [3.63, 3.8) is 0 Å². The van der Waals surface area contributed by atoms with Gasteiger partial charge < -0.3 is 0 Å². The van der Waals surface area contributed by atoms with E-state index in [-0.39, 0.29) is 0 Å². The number of rotatable bonds is 5. The van der Waals surface area contributed by atoms with E-state index in [4.69, 9.17) is 15.0 Å². The lowest BCUT2D eigenvalue weighted by Gasteiger charge is -2.10. The molecule has 0 N–H and O–H groups in total. The van der Waals surface area contributed by atoms with Crippen LogP contribution in [0.4, 0.5) is 0 Å². The predicted molar refractivity (Wildman–Crippen MR) is 155 cm³/mol. The molecule has 0 bridgehead atoms. The molecule has 5 aromatic carbocycles. The zero-order valence-electron chi connectivity index (χ0n) is 19.9. The quantitative estimate of drug-likeness (QED) is 0.219. The van der Waals surface area contributed by atoms with E-state index in [9.17, 15) is 0 Å². The second kappa shape index (κ2) is 10.3. The average molecular weight is 540 g/mol. The third-order valence-electron chi connectivity index (χ3n) is 6.22. The highest BCUT2D eigenvalue weighted by Crippen LogP contribution is 2.30. The molecule has 1 heterocycles. The molecule has 0 aliphatic rings. The Morgan fingerprint density at radius 2 is 0.703 bits per heavy atom. The molecule has 37 heavy (non-hydrogen) atoms. The van der Waals surface area contributed by atoms with Gasteiger partial charge in [0.1, 0.15) is 0 Å². The van der Waals surface area contributed by atoms with Crippen molar-refractivity contribution in [1.82, 2.24) is 15.0 Å². The highest BCUT2D eigenvalue weighted by atomic mass is 79.9. The maximum atomic E-state index is 4.87. The molecule has 0 aliphatic heterocycles. The van der Waals surface area contributed by atoms with E-state index in [0.29, 0.717) is 17.5 Å². The van der Waals surface area contributed by atoms with E-state index in [2.05, 4.69) is 88.7 Å². The Morgan fingerprint density at radius 3 is 1.22 bits per heavy atom. The summed E-state index contributed by atoms with van der Waals surface area (Å²) >= 11 is 3.51. The van der Waals surface area contributed by atoms with Crippen LogP contribution in [-0.4, -0.2) is 15.0 Å². The Morgan fingerprint density at radius 1 is 0.324 bits per heavy atom. The van der Waals surface area contributed by atoms with Gasteiger partial charge in [0.05, 0.1) is 0 Å². The third-order valence-corrected chi connectivity index (χ3v) is 6.74. The van der Waals surface area contributed by atoms with Gasteiger partial charge in [0.15, 0.2) is 17.5 Å². The van der Waals surface area contributed by atoms with Gasteiger partial charge in [-0.1, -0.05) is 131 Å². The largest absolute Gasteiger partial charge is 0.208 e. The molecule has 0 radical (unpaired) electrons. The van der Waals surface area contributed by atoms with Crippen LogP contribution in [0.15, 0.2) is 138 Å². The first kappa shape index (κ1) is 23.0. The van der Waals surface area contributed by atoms with E-state index in [0.717, 1.165) is 32.3 Å². The van der Waals surface area contributed by atoms with Gasteiger partial charge in [-0.25, -0.2) is 15.0 Å². The second-order valence-corrected chi connectivity index (χ2v) is 9.62. The number of aromatic nitrogens is 3. The van der Waals surface area contributed by atoms with Crippen molar-refractivity contribution in [2.24, 2.45) is 0 Å². The summed E-state index contributed by atoms with van der Waals surface area (Å²) in [6.45, 7) is 0. The van der Waals surface area contributed by atoms with Crippen LogP contribution in [-0.2, 0) is 0 Å². The molecule has 1 aromatic heterocycles. The van der Waals surface area contributed by atoms with Crippen LogP contribution in [0.3, 0.4) is 0 Å². The third kappa shape index (κ3) is 5.11. The van der Waals surface area contributed by atoms with Crippen molar-refractivity contribution < 1.29 is 0 Å². The zero-order valence-corrected chi connectivity index (χ0v) is 21.5. The summed E-state index contributed by atoms with van der Waals surface area (Å²) < 4.78 is 1.08. The van der Waals surface area contributed by atoms with Gasteiger partial charge in [-0.05, 0) is 40.5 Å². The number of hydrogen-bond acceptors (Lipinski definition) is 3. The Hall–Kier alpha value is -4.41. The number of hydrogen-bond donors (Lipinski definition) is 0. The van der Waals surface area contributed by atoms with Gasteiger partial charge in [-0.3, -0.25) is 0 Å². The first-order valence-electron chi connectivity index (χ1n) is 12.1. The molecule has 0 atom stereocenters. The van der Waals surface area contributed by atoms with Crippen LogP contribution < -0.4 is 0 Å². The molecule has 0 amide bonds. The molecule has 0 spiro atoms. The summed E-state index contributed by atoms with van der Waals surface area (Å²) in [5.41, 5.74) is 7.50. The van der Waals surface area contributed by atoms with Crippen LogP contribution in [0.25, 0.3) is 56.4 Å². The Balaban J connectivity index is 1.39. The molecule has 3 nitrogen and oxygen atoms in total. The van der Waals surface area contributed by atoms with E-state index in [1.165, 1.54) is 11.1 Å². The highest BCUT2D eigenvalue weighted by Gasteiger charge is 2.12. The summed E-state index contributed by atoms with van der Waals surface area (Å²) in [5.74, 6) is 1.98. The zero-order chi connectivity index (χ0) is 25.0. The molecule has 0 unspecified atom stereocenters. The van der Waals surface area contributed by atoms with Gasteiger partial charge >= 0.3 is 0 Å². The molecular weight excluding hydrogens is 518 g/mol. The van der Waals surface area contributed by atoms with Crippen molar-refractivity contribution in [1.29, 1.82) is 0 Å². The summed E-state index contributed by atoms with van der Waals surface area (Å²) in [6.07, 6.45) is 0. The summed E-state index contributed by atoms with van der Waals surface area (Å²) in [6, 6.07) is 45.5. The number of benzene rings is 5. The van der Waals surface area contributed by atoms with E-state index in [1.807, 2.05) is 60.7 Å². The van der Waals surface area contributed by atoms with Crippen LogP contribution >= 0.6 is 15.9 Å². The Labute approximate surface area is 224 Å². The molecule has 0 saturated heterocycles. The van der Waals surface area contributed by atoms with Gasteiger partial charge in [-0.15, -0.1) is 0 Å². The van der Waals surface area contributed by atoms with Crippen LogP contribution in [0.1, 0.15) is 0 Å². The van der Waals surface area contributed by atoms with E-state index >= 15 is 0 Å². The fraction of sp³-hybridized carbons (Fsp3) is 0. The van der Waals surface area contributed by atoms with Gasteiger partial charge in [0.2, 0.25) is 0 Å². The fourth-order valence-corrected chi connectivity index (χ4v) is 4.54. The lowest BCUT2D eigenvalue weighted by molar-refractivity contribution is 1.07. The molecule has 176 valence electrons. The van der Waals surface area contributed by atoms with Crippen LogP contribution in [0.2, 0.25) is 0 Å². The smallest absolute Gasteiger partial charge is 0.164 e. The normalized spacial score (nSPS) is 10.8. The van der Waals surface area contributed by atoms with E-state index < -0.39 is 0 Å².